The molecule has 0 unspecified atom stereocenters. The first-order valence-electron chi connectivity index (χ1n) is 13.4. The van der Waals surface area contributed by atoms with Gasteiger partial charge in [-0.05, 0) is 48.3 Å². The molecule has 2 amide bonds. The number of amides is 2. The predicted molar refractivity (Wildman–Crippen MR) is 146 cm³/mol. The normalized spacial score (nSPS) is 21.3. The molecule has 8 nitrogen and oxygen atoms in total. The van der Waals surface area contributed by atoms with Crippen molar-refractivity contribution >= 4 is 33.7 Å². The summed E-state index contributed by atoms with van der Waals surface area (Å²) < 4.78 is 27.4. The molecule has 202 valence electrons. The highest BCUT2D eigenvalue weighted by Crippen LogP contribution is 2.35. The van der Waals surface area contributed by atoms with Gasteiger partial charge < -0.3 is 10.6 Å². The SMILES string of the molecule is CC(C)(C)CNC(=O)Cc1ccc(/C=C/S(=O)(=O)N2CCC3(CC2)N=C(C2CCCCC2)NC3=O)cc1. The second-order valence-corrected chi connectivity index (χ2v) is 13.6. The Morgan fingerprint density at radius 1 is 1.14 bits per heavy atom. The number of amidine groups is 1. The zero-order chi connectivity index (χ0) is 26.7. The van der Waals surface area contributed by atoms with Crippen LogP contribution in [0.2, 0.25) is 0 Å². The topological polar surface area (TPSA) is 108 Å². The van der Waals surface area contributed by atoms with Crippen molar-refractivity contribution in [2.45, 2.75) is 77.7 Å². The Bertz CT molecular complexity index is 1150. The van der Waals surface area contributed by atoms with Gasteiger partial charge in [0.15, 0.2) is 0 Å². The molecule has 2 aliphatic heterocycles. The highest BCUT2D eigenvalue weighted by atomic mass is 32.2. The van der Waals surface area contributed by atoms with E-state index in [9.17, 15) is 18.0 Å². The molecule has 2 fully saturated rings. The monoisotopic (exact) mass is 528 g/mol. The van der Waals surface area contributed by atoms with Crippen LogP contribution in [-0.2, 0) is 26.0 Å². The maximum atomic E-state index is 13.0. The van der Waals surface area contributed by atoms with E-state index >= 15 is 0 Å². The number of rotatable bonds is 7. The van der Waals surface area contributed by atoms with Crippen molar-refractivity contribution < 1.29 is 18.0 Å². The van der Waals surface area contributed by atoms with Gasteiger partial charge in [0.05, 0.1) is 6.42 Å². The number of benzene rings is 1. The van der Waals surface area contributed by atoms with Crippen LogP contribution in [0.1, 0.15) is 76.8 Å². The summed E-state index contributed by atoms with van der Waals surface area (Å²) in [6.45, 7) is 7.35. The summed E-state index contributed by atoms with van der Waals surface area (Å²) in [6.07, 6.45) is 8.35. The molecule has 37 heavy (non-hydrogen) atoms. The molecule has 0 aromatic heterocycles. The molecule has 4 rings (SSSR count). The molecule has 1 spiro atoms. The number of aliphatic imine (C=N–C) groups is 1. The van der Waals surface area contributed by atoms with Crippen LogP contribution in [0.15, 0.2) is 34.7 Å². The van der Waals surface area contributed by atoms with Gasteiger partial charge in [0.1, 0.15) is 11.4 Å². The smallest absolute Gasteiger partial charge is 0.253 e. The predicted octanol–water partition coefficient (Wildman–Crippen LogP) is 3.64. The Balaban J connectivity index is 1.31. The third-order valence-electron chi connectivity index (χ3n) is 7.49. The average molecular weight is 529 g/mol. The van der Waals surface area contributed by atoms with Gasteiger partial charge in [0.25, 0.3) is 5.91 Å². The van der Waals surface area contributed by atoms with E-state index < -0.39 is 15.6 Å². The standard InChI is InChI=1S/C28H40N4O4S/c1-27(2,3)20-29-24(33)19-22-11-9-21(10-12-22)13-18-37(35,36)32-16-14-28(15-17-32)26(34)30-25(31-28)23-7-5-4-6-8-23/h9-13,18,23H,4-8,14-17,19-20H2,1-3H3,(H,29,33)(H,30,31,34)/b18-13+. The first-order valence-corrected chi connectivity index (χ1v) is 14.9. The van der Waals surface area contributed by atoms with Crippen LogP contribution in [-0.4, -0.2) is 55.5 Å². The fourth-order valence-corrected chi connectivity index (χ4v) is 6.36. The Morgan fingerprint density at radius 2 is 1.78 bits per heavy atom. The summed E-state index contributed by atoms with van der Waals surface area (Å²) >= 11 is 0. The molecule has 0 atom stereocenters. The molecule has 1 aliphatic carbocycles. The molecule has 2 N–H and O–H groups in total. The number of nitrogens with one attached hydrogen (secondary N) is 2. The number of nitrogens with zero attached hydrogens (tertiary/aromatic N) is 2. The fourth-order valence-electron chi connectivity index (χ4n) is 5.17. The molecule has 0 radical (unpaired) electrons. The van der Waals surface area contributed by atoms with Crippen LogP contribution in [0.4, 0.5) is 0 Å². The minimum absolute atomic E-state index is 0.0271. The van der Waals surface area contributed by atoms with Crippen molar-refractivity contribution in [2.75, 3.05) is 19.6 Å². The lowest BCUT2D eigenvalue weighted by Gasteiger charge is -2.34. The zero-order valence-corrected chi connectivity index (χ0v) is 23.1. The molecule has 9 heteroatoms. The molecule has 3 aliphatic rings. The van der Waals surface area contributed by atoms with Gasteiger partial charge in [-0.1, -0.05) is 64.3 Å². The summed E-state index contributed by atoms with van der Waals surface area (Å²) in [6, 6.07) is 7.31. The van der Waals surface area contributed by atoms with Gasteiger partial charge in [-0.3, -0.25) is 14.6 Å². The number of sulfonamides is 1. The zero-order valence-electron chi connectivity index (χ0n) is 22.3. The summed E-state index contributed by atoms with van der Waals surface area (Å²) in [7, 11) is -3.62. The van der Waals surface area contributed by atoms with E-state index in [1.807, 2.05) is 24.3 Å². The minimum Gasteiger partial charge on any atom is -0.355 e. The summed E-state index contributed by atoms with van der Waals surface area (Å²) in [5.74, 6) is 1.03. The van der Waals surface area contributed by atoms with E-state index in [0.29, 0.717) is 25.3 Å². The lowest BCUT2D eigenvalue weighted by atomic mass is 9.88. The maximum Gasteiger partial charge on any atom is 0.253 e. The average Bonchev–Trinajstić information content (AvgIpc) is 3.18. The van der Waals surface area contributed by atoms with Crippen molar-refractivity contribution in [1.29, 1.82) is 0 Å². The van der Waals surface area contributed by atoms with Gasteiger partial charge in [-0.2, -0.15) is 4.31 Å². The Hall–Kier alpha value is -2.52. The largest absolute Gasteiger partial charge is 0.355 e. The van der Waals surface area contributed by atoms with Crippen LogP contribution in [0.3, 0.4) is 0 Å². The second kappa shape index (κ2) is 11.1. The third-order valence-corrected chi connectivity index (χ3v) is 9.06. The Morgan fingerprint density at radius 3 is 2.41 bits per heavy atom. The fraction of sp³-hybridized carbons (Fsp3) is 0.607. The van der Waals surface area contributed by atoms with E-state index in [-0.39, 0.29) is 36.7 Å². The van der Waals surface area contributed by atoms with Crippen molar-refractivity contribution in [2.24, 2.45) is 16.3 Å². The Labute approximate surface area is 221 Å². The molecule has 1 saturated heterocycles. The molecular formula is C28H40N4O4S. The molecule has 2 heterocycles. The first kappa shape index (κ1) is 27.5. The van der Waals surface area contributed by atoms with Crippen LogP contribution in [0.5, 0.6) is 0 Å². The van der Waals surface area contributed by atoms with E-state index in [1.54, 1.807) is 6.08 Å². The van der Waals surface area contributed by atoms with Gasteiger partial charge in [-0.25, -0.2) is 8.42 Å². The molecule has 1 saturated carbocycles. The van der Waals surface area contributed by atoms with Crippen LogP contribution >= 0.6 is 0 Å². The third kappa shape index (κ3) is 7.08. The molecule has 1 aromatic carbocycles. The van der Waals surface area contributed by atoms with Crippen molar-refractivity contribution in [1.82, 2.24) is 14.9 Å². The maximum absolute atomic E-state index is 13.0. The van der Waals surface area contributed by atoms with Gasteiger partial charge >= 0.3 is 0 Å². The van der Waals surface area contributed by atoms with Crippen LogP contribution < -0.4 is 10.6 Å². The van der Waals surface area contributed by atoms with E-state index in [4.69, 9.17) is 4.99 Å². The number of hydrogen-bond acceptors (Lipinski definition) is 5. The lowest BCUT2D eigenvalue weighted by molar-refractivity contribution is -0.125. The van der Waals surface area contributed by atoms with Gasteiger partial charge in [-0.15, -0.1) is 0 Å². The Kier molecular flexibility index (Phi) is 8.23. The number of carbonyl (C=O) groups is 2. The molecular weight excluding hydrogens is 488 g/mol. The molecule has 1 aromatic rings. The number of piperidine rings is 1. The second-order valence-electron chi connectivity index (χ2n) is 11.8. The van der Waals surface area contributed by atoms with E-state index in [2.05, 4.69) is 31.4 Å². The van der Waals surface area contributed by atoms with Crippen molar-refractivity contribution in [3.05, 3.63) is 40.8 Å². The lowest BCUT2D eigenvalue weighted by Crippen LogP contribution is -2.50. The van der Waals surface area contributed by atoms with Gasteiger partial charge in [0, 0.05) is 31.0 Å². The quantitative estimate of drug-likeness (QED) is 0.563. The van der Waals surface area contributed by atoms with Crippen LogP contribution in [0, 0.1) is 11.3 Å². The summed E-state index contributed by atoms with van der Waals surface area (Å²) in [4.78, 5) is 29.8. The first-order chi connectivity index (χ1) is 17.5. The molecule has 0 bridgehead atoms. The summed E-state index contributed by atoms with van der Waals surface area (Å²) in [5.41, 5.74) is 0.820. The van der Waals surface area contributed by atoms with E-state index in [0.717, 1.165) is 29.8 Å². The minimum atomic E-state index is -3.62. The number of hydrogen-bond donors (Lipinski definition) is 2. The summed E-state index contributed by atoms with van der Waals surface area (Å²) in [5, 5.41) is 7.18. The highest BCUT2D eigenvalue weighted by Gasteiger charge is 2.48. The number of carbonyl (C=O) groups excluding carboxylic acids is 2. The van der Waals surface area contributed by atoms with Gasteiger partial charge in [0.2, 0.25) is 15.9 Å². The highest BCUT2D eigenvalue weighted by molar-refractivity contribution is 7.92. The van der Waals surface area contributed by atoms with E-state index in [1.165, 1.54) is 29.0 Å². The van der Waals surface area contributed by atoms with Crippen molar-refractivity contribution in [3.63, 3.8) is 0 Å². The van der Waals surface area contributed by atoms with Crippen LogP contribution in [0.25, 0.3) is 6.08 Å². The van der Waals surface area contributed by atoms with Crippen molar-refractivity contribution in [3.8, 4) is 0 Å².